The van der Waals surface area contributed by atoms with Gasteiger partial charge in [0.2, 0.25) is 0 Å². The number of carbonyl (C=O) groups excluding carboxylic acids is 1. The lowest BCUT2D eigenvalue weighted by atomic mass is 10.3. The fourth-order valence-corrected chi connectivity index (χ4v) is 0.389. The summed E-state index contributed by atoms with van der Waals surface area (Å²) in [5.41, 5.74) is 0. The van der Waals surface area contributed by atoms with E-state index in [-0.39, 0.29) is 5.78 Å². The van der Waals surface area contributed by atoms with Crippen LogP contribution >= 0.6 is 0 Å². The van der Waals surface area contributed by atoms with E-state index < -0.39 is 0 Å². The zero-order chi connectivity index (χ0) is 6.41. The van der Waals surface area contributed by atoms with Crippen LogP contribution in [-0.2, 0) is 4.79 Å². The summed E-state index contributed by atoms with van der Waals surface area (Å²) in [6.07, 6.45) is 0.621. The highest BCUT2D eigenvalue weighted by molar-refractivity contribution is 5.75. The van der Waals surface area contributed by atoms with Crippen molar-refractivity contribution >= 4 is 5.78 Å². The third-order valence-electron chi connectivity index (χ3n) is 0.831. The van der Waals surface area contributed by atoms with Gasteiger partial charge >= 0.3 is 0 Å². The lowest BCUT2D eigenvalue weighted by molar-refractivity contribution is -0.116. The summed E-state index contributed by atoms with van der Waals surface area (Å²) in [5.74, 6) is 0.228. The minimum absolute atomic E-state index is 0.228. The van der Waals surface area contributed by atoms with E-state index in [1.54, 1.807) is 6.92 Å². The molecule has 0 amide bonds. The number of ketones is 1. The second kappa shape index (κ2) is 4.78. The molecule has 1 radical (unpaired) electrons. The van der Waals surface area contributed by atoms with Gasteiger partial charge in [-0.25, -0.2) is 0 Å². The molecule has 0 aromatic heterocycles. The molecule has 0 bridgehead atoms. The third-order valence-corrected chi connectivity index (χ3v) is 0.831. The first-order valence-corrected chi connectivity index (χ1v) is 2.76. The van der Waals surface area contributed by atoms with E-state index in [4.69, 9.17) is 0 Å². The molecule has 0 fully saturated rings. The molecule has 0 aromatic carbocycles. The molecule has 2 nitrogen and oxygen atoms in total. The maximum atomic E-state index is 10.3. The van der Waals surface area contributed by atoms with Crippen LogP contribution in [0.1, 0.15) is 13.3 Å². The predicted molar refractivity (Wildman–Crippen MR) is 33.5 cm³/mol. The van der Waals surface area contributed by atoms with Crippen LogP contribution in [0.5, 0.6) is 0 Å². The molecule has 0 aliphatic carbocycles. The van der Waals surface area contributed by atoms with Crippen LogP contribution in [-0.4, -0.2) is 18.9 Å². The summed E-state index contributed by atoms with van der Waals surface area (Å²) in [6.45, 7) is 6.61. The third kappa shape index (κ3) is 5.63. The Bertz CT molecular complexity index is 70.9. The van der Waals surface area contributed by atoms with Gasteiger partial charge in [0.25, 0.3) is 0 Å². The molecule has 2 heteroatoms. The van der Waals surface area contributed by atoms with Gasteiger partial charge < -0.3 is 5.32 Å². The first-order valence-electron chi connectivity index (χ1n) is 2.76. The molecule has 0 unspecified atom stereocenters. The number of carbonyl (C=O) groups is 1. The monoisotopic (exact) mass is 114 g/mol. The van der Waals surface area contributed by atoms with Crippen molar-refractivity contribution in [2.45, 2.75) is 13.3 Å². The molecule has 0 rings (SSSR count). The van der Waals surface area contributed by atoms with Crippen molar-refractivity contribution in [2.24, 2.45) is 0 Å². The maximum absolute atomic E-state index is 10.3. The van der Waals surface area contributed by atoms with Gasteiger partial charge in [0.05, 0.1) is 0 Å². The van der Waals surface area contributed by atoms with Gasteiger partial charge in [-0.15, -0.1) is 0 Å². The predicted octanol–water partition coefficient (Wildman–Crippen LogP) is 0.389. The number of hydrogen-bond acceptors (Lipinski definition) is 2. The van der Waals surface area contributed by atoms with Gasteiger partial charge in [-0.2, -0.15) is 0 Å². The molecule has 0 aliphatic rings. The molecule has 0 atom stereocenters. The molecule has 0 spiro atoms. The molecule has 0 aliphatic heterocycles. The molecule has 1 N–H and O–H groups in total. The van der Waals surface area contributed by atoms with Crippen molar-refractivity contribution in [3.05, 3.63) is 6.92 Å². The van der Waals surface area contributed by atoms with Crippen LogP contribution in [0.2, 0.25) is 0 Å². The van der Waals surface area contributed by atoms with Gasteiger partial charge in [0.15, 0.2) is 0 Å². The smallest absolute Gasteiger partial charge is 0.131 e. The van der Waals surface area contributed by atoms with Gasteiger partial charge in [-0.1, -0.05) is 0 Å². The van der Waals surface area contributed by atoms with Crippen molar-refractivity contribution in [3.8, 4) is 0 Å². The average molecular weight is 114 g/mol. The Morgan fingerprint density at radius 3 is 2.75 bits per heavy atom. The summed E-state index contributed by atoms with van der Waals surface area (Å²) in [4.78, 5) is 10.3. The van der Waals surface area contributed by atoms with Crippen molar-refractivity contribution in [1.29, 1.82) is 0 Å². The molecule has 0 aromatic rings. The molecule has 8 heavy (non-hydrogen) atoms. The Balaban J connectivity index is 2.82. The van der Waals surface area contributed by atoms with Crippen molar-refractivity contribution in [1.82, 2.24) is 5.32 Å². The van der Waals surface area contributed by atoms with E-state index in [0.29, 0.717) is 13.0 Å². The molecular weight excluding hydrogens is 102 g/mol. The number of nitrogens with one attached hydrogen (secondary N) is 1. The first-order chi connectivity index (χ1) is 3.77. The van der Waals surface area contributed by atoms with Gasteiger partial charge in [0.1, 0.15) is 5.78 Å². The average Bonchev–Trinajstić information content (AvgIpc) is 1.66. The summed E-state index contributed by atoms with van der Waals surface area (Å²) in [6, 6.07) is 0. The molecule has 0 saturated heterocycles. The van der Waals surface area contributed by atoms with Crippen molar-refractivity contribution < 1.29 is 4.79 Å². The van der Waals surface area contributed by atoms with Crippen LogP contribution in [0.25, 0.3) is 0 Å². The maximum Gasteiger partial charge on any atom is 0.131 e. The summed E-state index contributed by atoms with van der Waals surface area (Å²) < 4.78 is 0. The highest BCUT2D eigenvalue weighted by atomic mass is 16.1. The molecule has 47 valence electrons. The first kappa shape index (κ1) is 7.63. The zero-order valence-electron chi connectivity index (χ0n) is 5.24. The van der Waals surface area contributed by atoms with E-state index in [1.165, 1.54) is 0 Å². The topological polar surface area (TPSA) is 29.1 Å². The van der Waals surface area contributed by atoms with E-state index in [2.05, 4.69) is 12.2 Å². The second-order valence-corrected chi connectivity index (χ2v) is 1.70. The summed E-state index contributed by atoms with van der Waals surface area (Å²) in [5, 5.41) is 2.95. The lowest BCUT2D eigenvalue weighted by Crippen LogP contribution is -2.16. The van der Waals surface area contributed by atoms with E-state index >= 15 is 0 Å². The highest BCUT2D eigenvalue weighted by Gasteiger charge is 1.88. The van der Waals surface area contributed by atoms with Crippen LogP contribution < -0.4 is 5.32 Å². The minimum atomic E-state index is 0.228. The van der Waals surface area contributed by atoms with Crippen LogP contribution in [0.15, 0.2) is 0 Å². The normalized spacial score (nSPS) is 9.25. The fourth-order valence-electron chi connectivity index (χ4n) is 0.389. The number of Topliss-reactive ketones (excluding diaryl/α,β-unsaturated/α-hetero) is 1. The lowest BCUT2D eigenvalue weighted by Gasteiger charge is -1.94. The van der Waals surface area contributed by atoms with Gasteiger partial charge in [0, 0.05) is 13.0 Å². The molecule has 0 heterocycles. The molecular formula is C6H12NO. The van der Waals surface area contributed by atoms with Crippen LogP contribution in [0.3, 0.4) is 0 Å². The van der Waals surface area contributed by atoms with Crippen LogP contribution in [0.4, 0.5) is 0 Å². The standard InChI is InChI=1S/C6H12NO/c1-3-7-5-4-6(2)8/h7H,1,3-5H2,2H3. The Hall–Kier alpha value is -0.370. The van der Waals surface area contributed by atoms with E-state index in [9.17, 15) is 4.79 Å². The summed E-state index contributed by atoms with van der Waals surface area (Å²) >= 11 is 0. The second-order valence-electron chi connectivity index (χ2n) is 1.70. The van der Waals surface area contributed by atoms with Crippen LogP contribution in [0, 0.1) is 6.92 Å². The Kier molecular flexibility index (Phi) is 4.56. The van der Waals surface area contributed by atoms with Gasteiger partial charge in [-0.3, -0.25) is 4.79 Å². The zero-order valence-corrected chi connectivity index (χ0v) is 5.24. The quantitative estimate of drug-likeness (QED) is 0.536. The Labute approximate surface area is 50.3 Å². The number of hydrogen-bond donors (Lipinski definition) is 1. The van der Waals surface area contributed by atoms with Gasteiger partial charge in [-0.05, 0) is 20.4 Å². The van der Waals surface area contributed by atoms with E-state index in [1.807, 2.05) is 0 Å². The molecule has 0 saturated carbocycles. The van der Waals surface area contributed by atoms with Crippen molar-refractivity contribution in [3.63, 3.8) is 0 Å². The minimum Gasteiger partial charge on any atom is -0.316 e. The SMILES string of the molecule is [CH2]CNCCC(C)=O. The largest absolute Gasteiger partial charge is 0.316 e. The van der Waals surface area contributed by atoms with Crippen molar-refractivity contribution in [2.75, 3.05) is 13.1 Å². The summed E-state index contributed by atoms with van der Waals surface area (Å²) in [7, 11) is 0. The highest BCUT2D eigenvalue weighted by Crippen LogP contribution is 1.75. The number of rotatable bonds is 4. The Morgan fingerprint density at radius 2 is 2.38 bits per heavy atom. The Morgan fingerprint density at radius 1 is 1.75 bits per heavy atom. The van der Waals surface area contributed by atoms with E-state index in [0.717, 1.165) is 6.54 Å². The fraction of sp³-hybridized carbons (Fsp3) is 0.667.